The van der Waals surface area contributed by atoms with Crippen molar-refractivity contribution >= 4 is 23.1 Å². The van der Waals surface area contributed by atoms with Gasteiger partial charge in [0, 0.05) is 30.2 Å². The highest BCUT2D eigenvalue weighted by atomic mass is 16.6. The number of aromatic nitrogens is 3. The van der Waals surface area contributed by atoms with E-state index < -0.39 is 17.7 Å². The number of amides is 1. The van der Waals surface area contributed by atoms with Gasteiger partial charge in [-0.3, -0.25) is 0 Å². The van der Waals surface area contributed by atoms with Crippen LogP contribution in [0.2, 0.25) is 0 Å². The normalized spacial score (nSPS) is 13.7. The largest absolute Gasteiger partial charge is 0.460 e. The van der Waals surface area contributed by atoms with Gasteiger partial charge >= 0.3 is 12.1 Å². The molecular weight excluding hydrogens is 420 g/mol. The van der Waals surface area contributed by atoms with Crippen molar-refractivity contribution in [3.8, 4) is 11.3 Å². The second-order valence-electron chi connectivity index (χ2n) is 9.32. The Balaban J connectivity index is 1.66. The molecule has 1 fully saturated rings. The van der Waals surface area contributed by atoms with E-state index >= 15 is 0 Å². The first kappa shape index (κ1) is 22.8. The Morgan fingerprint density at radius 1 is 1.18 bits per heavy atom. The number of hydrogen-bond acceptors (Lipinski definition) is 6. The van der Waals surface area contributed by atoms with Crippen molar-refractivity contribution in [2.24, 2.45) is 5.92 Å². The third-order valence-corrected chi connectivity index (χ3v) is 5.26. The van der Waals surface area contributed by atoms with Gasteiger partial charge < -0.3 is 19.4 Å². The van der Waals surface area contributed by atoms with E-state index in [4.69, 9.17) is 9.47 Å². The zero-order valence-electron chi connectivity index (χ0n) is 19.6. The minimum atomic E-state index is -0.560. The summed E-state index contributed by atoms with van der Waals surface area (Å²) in [6, 6.07) is 9.70. The number of nitrogens with zero attached hydrogens (tertiary/aromatic N) is 3. The highest BCUT2D eigenvalue weighted by Gasteiger charge is 2.24. The molecule has 0 radical (unpaired) electrons. The second kappa shape index (κ2) is 9.21. The van der Waals surface area contributed by atoms with Crippen LogP contribution in [-0.4, -0.2) is 38.8 Å². The monoisotopic (exact) mass is 450 g/mol. The fourth-order valence-corrected chi connectivity index (χ4v) is 3.61. The Kier molecular flexibility index (Phi) is 6.35. The quantitative estimate of drug-likeness (QED) is 0.524. The number of carbonyl (C=O) groups excluding carboxylic acids is 2. The first-order valence-corrected chi connectivity index (χ1v) is 11.3. The zero-order valence-corrected chi connectivity index (χ0v) is 19.6. The standard InChI is InChI=1S/C25H30N4O4/c1-5-32-23(30)21-27-20(19-11-12-29(22(19)28-21)15-16-9-10-16)18-8-6-7-17(13-18)14-26-24(31)33-25(2,3)4/h6-8,11-13,16H,5,9-10,14-15H2,1-4H3,(H,26,31). The number of nitrogens with one attached hydrogen (secondary N) is 1. The summed E-state index contributed by atoms with van der Waals surface area (Å²) >= 11 is 0. The number of fused-ring (bicyclic) bond motifs is 1. The van der Waals surface area contributed by atoms with Gasteiger partial charge in [0.2, 0.25) is 5.82 Å². The molecule has 1 aromatic carbocycles. The molecule has 8 nitrogen and oxygen atoms in total. The van der Waals surface area contributed by atoms with Crippen molar-refractivity contribution in [2.45, 2.75) is 59.2 Å². The van der Waals surface area contributed by atoms with Crippen molar-refractivity contribution in [1.29, 1.82) is 0 Å². The lowest BCUT2D eigenvalue weighted by Crippen LogP contribution is -2.32. The molecule has 1 amide bonds. The molecule has 174 valence electrons. The number of carbonyl (C=O) groups is 2. The fourth-order valence-electron chi connectivity index (χ4n) is 3.61. The first-order valence-electron chi connectivity index (χ1n) is 11.3. The van der Waals surface area contributed by atoms with E-state index in [0.29, 0.717) is 18.2 Å². The van der Waals surface area contributed by atoms with E-state index in [-0.39, 0.29) is 12.4 Å². The summed E-state index contributed by atoms with van der Waals surface area (Å²) in [4.78, 5) is 33.6. The Morgan fingerprint density at radius 3 is 2.67 bits per heavy atom. The maximum atomic E-state index is 12.5. The number of ether oxygens (including phenoxy) is 2. The molecule has 0 spiro atoms. The van der Waals surface area contributed by atoms with E-state index in [1.807, 2.05) is 57.3 Å². The Bertz CT molecular complexity index is 1170. The summed E-state index contributed by atoms with van der Waals surface area (Å²) in [5, 5.41) is 3.65. The van der Waals surface area contributed by atoms with Gasteiger partial charge in [0.1, 0.15) is 11.2 Å². The number of rotatable bonds is 7. The van der Waals surface area contributed by atoms with Gasteiger partial charge in [-0.1, -0.05) is 18.2 Å². The van der Waals surface area contributed by atoms with Gasteiger partial charge in [-0.15, -0.1) is 0 Å². The van der Waals surface area contributed by atoms with Crippen LogP contribution in [0.1, 0.15) is 56.7 Å². The Hall–Kier alpha value is -3.42. The van der Waals surface area contributed by atoms with Crippen molar-refractivity contribution in [3.05, 3.63) is 47.9 Å². The van der Waals surface area contributed by atoms with Crippen LogP contribution in [0.5, 0.6) is 0 Å². The molecule has 8 heteroatoms. The van der Waals surface area contributed by atoms with Crippen molar-refractivity contribution in [3.63, 3.8) is 0 Å². The molecule has 4 rings (SSSR count). The van der Waals surface area contributed by atoms with Crippen LogP contribution in [0, 0.1) is 5.92 Å². The molecule has 0 atom stereocenters. The van der Waals surface area contributed by atoms with Gasteiger partial charge in [-0.25, -0.2) is 19.6 Å². The van der Waals surface area contributed by atoms with E-state index in [1.54, 1.807) is 6.92 Å². The minimum Gasteiger partial charge on any atom is -0.460 e. The molecule has 1 N–H and O–H groups in total. The fraction of sp³-hybridized carbons (Fsp3) is 0.440. The minimum absolute atomic E-state index is 0.0485. The number of benzene rings is 1. The third-order valence-electron chi connectivity index (χ3n) is 5.26. The van der Waals surface area contributed by atoms with Crippen LogP contribution in [0.4, 0.5) is 4.79 Å². The van der Waals surface area contributed by atoms with Crippen LogP contribution in [-0.2, 0) is 22.6 Å². The summed E-state index contributed by atoms with van der Waals surface area (Å²) in [5.74, 6) is 0.169. The molecule has 3 aromatic rings. The van der Waals surface area contributed by atoms with E-state index in [1.165, 1.54) is 12.8 Å². The summed E-state index contributed by atoms with van der Waals surface area (Å²) < 4.78 is 12.6. The van der Waals surface area contributed by atoms with Gasteiger partial charge in [-0.2, -0.15) is 0 Å². The molecule has 0 saturated heterocycles. The molecule has 1 saturated carbocycles. The number of esters is 1. The van der Waals surface area contributed by atoms with E-state index in [0.717, 1.165) is 28.7 Å². The lowest BCUT2D eigenvalue weighted by atomic mass is 10.1. The molecule has 2 aromatic heterocycles. The van der Waals surface area contributed by atoms with E-state index in [9.17, 15) is 9.59 Å². The topological polar surface area (TPSA) is 95.3 Å². The zero-order chi connectivity index (χ0) is 23.6. The lowest BCUT2D eigenvalue weighted by Gasteiger charge is -2.19. The molecule has 1 aliphatic carbocycles. The van der Waals surface area contributed by atoms with Crippen LogP contribution in [0.25, 0.3) is 22.3 Å². The van der Waals surface area contributed by atoms with Gasteiger partial charge in [-0.05, 0) is 64.2 Å². The van der Waals surface area contributed by atoms with Crippen LogP contribution >= 0.6 is 0 Å². The first-order chi connectivity index (χ1) is 15.7. The molecular formula is C25H30N4O4. The average Bonchev–Trinajstić information content (AvgIpc) is 3.49. The summed E-state index contributed by atoms with van der Waals surface area (Å²) in [6.45, 7) is 8.67. The molecule has 1 aliphatic rings. The van der Waals surface area contributed by atoms with Crippen LogP contribution in [0.3, 0.4) is 0 Å². The number of hydrogen-bond donors (Lipinski definition) is 1. The van der Waals surface area contributed by atoms with Crippen molar-refractivity contribution in [1.82, 2.24) is 19.9 Å². The molecule has 2 heterocycles. The molecule has 33 heavy (non-hydrogen) atoms. The maximum absolute atomic E-state index is 12.5. The summed E-state index contributed by atoms with van der Waals surface area (Å²) in [7, 11) is 0. The second-order valence-corrected chi connectivity index (χ2v) is 9.32. The van der Waals surface area contributed by atoms with Gasteiger partial charge in [0.15, 0.2) is 0 Å². The molecule has 0 aliphatic heterocycles. The predicted molar refractivity (Wildman–Crippen MR) is 125 cm³/mol. The van der Waals surface area contributed by atoms with Crippen molar-refractivity contribution < 1.29 is 19.1 Å². The highest BCUT2D eigenvalue weighted by molar-refractivity contribution is 5.95. The highest BCUT2D eigenvalue weighted by Crippen LogP contribution is 2.33. The van der Waals surface area contributed by atoms with Crippen LogP contribution < -0.4 is 5.32 Å². The van der Waals surface area contributed by atoms with Crippen molar-refractivity contribution in [2.75, 3.05) is 6.61 Å². The maximum Gasteiger partial charge on any atom is 0.407 e. The summed E-state index contributed by atoms with van der Waals surface area (Å²) in [5.41, 5.74) is 2.56. The lowest BCUT2D eigenvalue weighted by molar-refractivity contribution is 0.0506. The van der Waals surface area contributed by atoms with Gasteiger partial charge in [0.25, 0.3) is 0 Å². The van der Waals surface area contributed by atoms with E-state index in [2.05, 4.69) is 19.9 Å². The Morgan fingerprint density at radius 2 is 1.97 bits per heavy atom. The van der Waals surface area contributed by atoms with Gasteiger partial charge in [0.05, 0.1) is 12.3 Å². The molecule has 0 unspecified atom stereocenters. The smallest absolute Gasteiger partial charge is 0.407 e. The predicted octanol–water partition coefficient (Wildman–Crippen LogP) is 4.71. The average molecular weight is 451 g/mol. The SMILES string of the molecule is CCOC(=O)c1nc(-c2cccc(CNC(=O)OC(C)(C)C)c2)c2ccn(CC3CC3)c2n1. The molecule has 0 bridgehead atoms. The number of alkyl carbamates (subject to hydrolysis) is 1. The summed E-state index contributed by atoms with van der Waals surface area (Å²) in [6.07, 6.45) is 3.97. The van der Waals surface area contributed by atoms with Crippen LogP contribution in [0.15, 0.2) is 36.5 Å². The third kappa shape index (κ3) is 5.69. The Labute approximate surface area is 193 Å².